The van der Waals surface area contributed by atoms with Gasteiger partial charge in [-0.25, -0.2) is 0 Å². The quantitative estimate of drug-likeness (QED) is 0.194. The Morgan fingerprint density at radius 1 is 0.373 bits per heavy atom. The number of benzene rings is 4. The predicted molar refractivity (Wildman–Crippen MR) is 156 cm³/mol. The highest BCUT2D eigenvalue weighted by Crippen LogP contribution is 2.51. The van der Waals surface area contributed by atoms with Crippen LogP contribution in [-0.4, -0.2) is 28.2 Å². The van der Waals surface area contributed by atoms with Gasteiger partial charge in [0.05, 0.1) is 22.3 Å². The average molecular weight is 739 g/mol. The fraction of sp³-hybridized carbons (Fsp3) is 0.314. The molecule has 1 saturated heterocycles. The number of alkyl halides is 12. The van der Waals surface area contributed by atoms with Crippen LogP contribution in [0.4, 0.5) is 52.7 Å². The Morgan fingerprint density at radius 2 is 0.529 bits per heavy atom. The van der Waals surface area contributed by atoms with Gasteiger partial charge in [0.15, 0.2) is 5.79 Å². The molecule has 0 amide bonds. The van der Waals surface area contributed by atoms with Crippen molar-refractivity contribution in [3.05, 3.63) is 142 Å². The maximum atomic E-state index is 13.5. The first-order chi connectivity index (χ1) is 23.3. The number of ether oxygens (including phenoxy) is 2. The third-order valence-corrected chi connectivity index (χ3v) is 8.53. The zero-order chi connectivity index (χ0) is 38.0. The van der Waals surface area contributed by atoms with Crippen LogP contribution < -0.4 is 0 Å². The molecular formula is C35H26F12O4. The Bertz CT molecular complexity index is 1570. The summed E-state index contributed by atoms with van der Waals surface area (Å²) >= 11 is 0. The van der Waals surface area contributed by atoms with Gasteiger partial charge in [-0.05, 0) is 84.6 Å². The molecule has 51 heavy (non-hydrogen) atoms. The van der Waals surface area contributed by atoms with Crippen molar-refractivity contribution in [1.29, 1.82) is 0 Å². The van der Waals surface area contributed by atoms with Gasteiger partial charge < -0.3 is 19.7 Å². The van der Waals surface area contributed by atoms with Crippen molar-refractivity contribution in [3.8, 4) is 0 Å². The molecule has 0 bridgehead atoms. The maximum Gasteiger partial charge on any atom is 0.416 e. The second kappa shape index (κ2) is 12.5. The van der Waals surface area contributed by atoms with Gasteiger partial charge in [-0.15, -0.1) is 0 Å². The summed E-state index contributed by atoms with van der Waals surface area (Å²) in [7, 11) is 0. The van der Waals surface area contributed by atoms with E-state index in [-0.39, 0.29) is 0 Å². The lowest BCUT2D eigenvalue weighted by Gasteiger charge is -2.42. The van der Waals surface area contributed by atoms with E-state index < -0.39 is 98.4 Å². The third-order valence-electron chi connectivity index (χ3n) is 8.53. The molecule has 0 spiro atoms. The fourth-order valence-electron chi connectivity index (χ4n) is 6.02. The molecule has 1 aliphatic rings. The van der Waals surface area contributed by atoms with E-state index in [9.17, 15) is 62.9 Å². The molecule has 2 atom stereocenters. The highest BCUT2D eigenvalue weighted by atomic mass is 19.4. The van der Waals surface area contributed by atoms with Crippen LogP contribution in [-0.2, 0) is 45.4 Å². The Kier molecular flexibility index (Phi) is 9.37. The first-order valence-corrected chi connectivity index (χ1v) is 14.8. The largest absolute Gasteiger partial charge is 0.416 e. The Labute approximate surface area is 281 Å². The van der Waals surface area contributed by atoms with E-state index in [1.54, 1.807) is 0 Å². The molecule has 0 aliphatic carbocycles. The molecule has 1 heterocycles. The molecule has 1 fully saturated rings. The van der Waals surface area contributed by atoms with Crippen molar-refractivity contribution >= 4 is 0 Å². The normalized spacial score (nSPS) is 19.0. The number of aliphatic hydroxyl groups is 2. The van der Waals surface area contributed by atoms with Crippen LogP contribution in [0.1, 0.15) is 58.4 Å². The predicted octanol–water partition coefficient (Wildman–Crippen LogP) is 9.45. The summed E-state index contributed by atoms with van der Waals surface area (Å²) in [4.78, 5) is 0. The number of rotatable bonds is 6. The van der Waals surface area contributed by atoms with Crippen LogP contribution in [0, 0.1) is 0 Å². The highest BCUT2D eigenvalue weighted by Gasteiger charge is 2.61. The van der Waals surface area contributed by atoms with Gasteiger partial charge in [0.2, 0.25) is 0 Å². The van der Waals surface area contributed by atoms with Crippen molar-refractivity contribution in [3.63, 3.8) is 0 Å². The standard InChI is InChI=1S/C35H26F12O4/c1-29(2)50-27(30(48,19-3-11-23(12-4-19)32(36,37)38)20-5-13-24(14-6-20)33(39,40)41)28(51-29)31(49,21-7-15-25(16-8-21)34(42,43)44)22-9-17-26(18-10-22)35(45,46)47/h3-18,27-28,48-49H,1-2H3/t27-,28-/m0/s1. The Morgan fingerprint density at radius 3 is 0.686 bits per heavy atom. The van der Waals surface area contributed by atoms with Crippen LogP contribution in [0.25, 0.3) is 0 Å². The molecule has 4 aromatic carbocycles. The zero-order valence-electron chi connectivity index (χ0n) is 26.1. The summed E-state index contributed by atoms with van der Waals surface area (Å²) < 4.78 is 174. The molecule has 0 aromatic heterocycles. The van der Waals surface area contributed by atoms with Gasteiger partial charge >= 0.3 is 24.7 Å². The van der Waals surface area contributed by atoms with Crippen LogP contribution in [0.15, 0.2) is 97.1 Å². The maximum absolute atomic E-state index is 13.5. The lowest BCUT2D eigenvalue weighted by molar-refractivity contribution is -0.172. The minimum atomic E-state index is -4.85. The molecule has 2 N–H and O–H groups in total. The number of halogens is 12. The van der Waals surface area contributed by atoms with E-state index in [4.69, 9.17) is 9.47 Å². The lowest BCUT2D eigenvalue weighted by Crippen LogP contribution is -2.55. The molecule has 4 nitrogen and oxygen atoms in total. The molecule has 1 aliphatic heterocycles. The second-order valence-electron chi connectivity index (χ2n) is 12.3. The van der Waals surface area contributed by atoms with Crippen molar-refractivity contribution in [2.45, 2.75) is 67.7 Å². The number of hydrogen-bond acceptors (Lipinski definition) is 4. The average Bonchev–Trinajstić information content (AvgIpc) is 3.38. The minimum absolute atomic E-state index is 0.409. The number of hydrogen-bond donors (Lipinski definition) is 2. The summed E-state index contributed by atoms with van der Waals surface area (Å²) in [6.45, 7) is 2.53. The summed E-state index contributed by atoms with van der Waals surface area (Å²) in [5.74, 6) is -1.84. The second-order valence-corrected chi connectivity index (χ2v) is 12.3. The topological polar surface area (TPSA) is 58.9 Å². The third kappa shape index (κ3) is 7.32. The van der Waals surface area contributed by atoms with Crippen molar-refractivity contribution in [2.24, 2.45) is 0 Å². The Hall–Kier alpha value is -4.12. The van der Waals surface area contributed by atoms with E-state index in [1.807, 2.05) is 0 Å². The molecule has 16 heteroatoms. The SMILES string of the molecule is CC1(C)O[C@H](C(O)(c2ccc(C(F)(F)F)cc2)c2ccc(C(F)(F)F)cc2)[C@@H](C(O)(c2ccc(C(F)(F)F)cc2)c2ccc(C(F)(F)F)cc2)O1. The van der Waals surface area contributed by atoms with E-state index >= 15 is 0 Å². The zero-order valence-corrected chi connectivity index (χ0v) is 26.1. The molecule has 0 radical (unpaired) electrons. The molecule has 0 saturated carbocycles. The van der Waals surface area contributed by atoms with Crippen LogP contribution in [0.3, 0.4) is 0 Å². The molecule has 0 unspecified atom stereocenters. The monoisotopic (exact) mass is 738 g/mol. The van der Waals surface area contributed by atoms with Gasteiger partial charge in [0, 0.05) is 0 Å². The van der Waals surface area contributed by atoms with Crippen molar-refractivity contribution in [1.82, 2.24) is 0 Å². The van der Waals surface area contributed by atoms with Gasteiger partial charge in [-0.2, -0.15) is 52.7 Å². The van der Waals surface area contributed by atoms with Crippen LogP contribution >= 0.6 is 0 Å². The fourth-order valence-corrected chi connectivity index (χ4v) is 6.02. The summed E-state index contributed by atoms with van der Waals surface area (Å²) in [6.07, 6.45) is -23.4. The van der Waals surface area contributed by atoms with E-state index in [0.717, 1.165) is 48.5 Å². The summed E-state index contributed by atoms with van der Waals surface area (Å²) in [5.41, 5.74) is -11.9. The van der Waals surface area contributed by atoms with Crippen molar-refractivity contribution in [2.75, 3.05) is 0 Å². The highest BCUT2D eigenvalue weighted by molar-refractivity contribution is 5.46. The molecule has 5 rings (SSSR count). The lowest BCUT2D eigenvalue weighted by atomic mass is 9.71. The first-order valence-electron chi connectivity index (χ1n) is 14.8. The van der Waals surface area contributed by atoms with Gasteiger partial charge in [0.1, 0.15) is 23.4 Å². The smallest absolute Gasteiger partial charge is 0.378 e. The summed E-state index contributed by atoms with van der Waals surface area (Å²) in [6, 6.07) is 11.0. The van der Waals surface area contributed by atoms with E-state index in [0.29, 0.717) is 48.5 Å². The summed E-state index contributed by atoms with van der Waals surface area (Å²) in [5, 5.41) is 25.3. The van der Waals surface area contributed by atoms with Gasteiger partial charge in [-0.1, -0.05) is 48.5 Å². The van der Waals surface area contributed by atoms with Crippen LogP contribution in [0.5, 0.6) is 0 Å². The van der Waals surface area contributed by atoms with E-state index in [1.165, 1.54) is 13.8 Å². The molecular weight excluding hydrogens is 712 g/mol. The molecule has 4 aromatic rings. The van der Waals surface area contributed by atoms with E-state index in [2.05, 4.69) is 0 Å². The van der Waals surface area contributed by atoms with Crippen LogP contribution in [0.2, 0.25) is 0 Å². The Balaban J connectivity index is 1.78. The van der Waals surface area contributed by atoms with Crippen molar-refractivity contribution < 1.29 is 72.4 Å². The minimum Gasteiger partial charge on any atom is -0.378 e. The molecule has 274 valence electrons. The van der Waals surface area contributed by atoms with Gasteiger partial charge in [0.25, 0.3) is 0 Å². The first kappa shape index (κ1) is 38.1. The van der Waals surface area contributed by atoms with Gasteiger partial charge in [-0.3, -0.25) is 0 Å².